The zero-order chi connectivity index (χ0) is 11.1. The van der Waals surface area contributed by atoms with Crippen LogP contribution < -0.4 is 5.73 Å². The van der Waals surface area contributed by atoms with Crippen molar-refractivity contribution in [3.63, 3.8) is 0 Å². The SMILES string of the molecule is CN(CCC(N)=O)CCc1ccncc1. The Balaban J connectivity index is 2.22. The summed E-state index contributed by atoms with van der Waals surface area (Å²) in [6.07, 6.45) is 4.97. The van der Waals surface area contributed by atoms with Crippen LogP contribution in [0.2, 0.25) is 0 Å². The van der Waals surface area contributed by atoms with Crippen LogP contribution in [0.5, 0.6) is 0 Å². The van der Waals surface area contributed by atoms with E-state index in [2.05, 4.69) is 9.88 Å². The highest BCUT2D eigenvalue weighted by atomic mass is 16.1. The Labute approximate surface area is 90.1 Å². The fourth-order valence-corrected chi connectivity index (χ4v) is 1.28. The molecule has 4 heteroatoms. The van der Waals surface area contributed by atoms with E-state index in [-0.39, 0.29) is 5.91 Å². The molecule has 1 rings (SSSR count). The van der Waals surface area contributed by atoms with Crippen LogP contribution in [0.1, 0.15) is 12.0 Å². The Morgan fingerprint density at radius 1 is 1.40 bits per heavy atom. The van der Waals surface area contributed by atoms with Gasteiger partial charge in [0.1, 0.15) is 0 Å². The molecule has 4 nitrogen and oxygen atoms in total. The molecule has 0 saturated heterocycles. The van der Waals surface area contributed by atoms with E-state index in [0.717, 1.165) is 19.5 Å². The molecule has 0 aromatic carbocycles. The molecule has 82 valence electrons. The fourth-order valence-electron chi connectivity index (χ4n) is 1.28. The van der Waals surface area contributed by atoms with Gasteiger partial charge in [-0.15, -0.1) is 0 Å². The summed E-state index contributed by atoms with van der Waals surface area (Å²) in [7, 11) is 1.99. The monoisotopic (exact) mass is 207 g/mol. The van der Waals surface area contributed by atoms with Gasteiger partial charge in [-0.2, -0.15) is 0 Å². The summed E-state index contributed by atoms with van der Waals surface area (Å²) in [5.41, 5.74) is 6.33. The molecule has 2 N–H and O–H groups in total. The smallest absolute Gasteiger partial charge is 0.218 e. The van der Waals surface area contributed by atoms with Crippen LogP contribution in [0, 0.1) is 0 Å². The van der Waals surface area contributed by atoms with Crippen molar-refractivity contribution in [3.05, 3.63) is 30.1 Å². The van der Waals surface area contributed by atoms with E-state index in [0.29, 0.717) is 6.42 Å². The lowest BCUT2D eigenvalue weighted by Gasteiger charge is -2.15. The number of rotatable bonds is 6. The summed E-state index contributed by atoms with van der Waals surface area (Å²) in [6.45, 7) is 1.65. The van der Waals surface area contributed by atoms with Gasteiger partial charge < -0.3 is 10.6 Å². The first kappa shape index (κ1) is 11.7. The molecule has 0 atom stereocenters. The van der Waals surface area contributed by atoms with Gasteiger partial charge in [-0.3, -0.25) is 9.78 Å². The Bertz CT molecular complexity index is 300. The first-order valence-electron chi connectivity index (χ1n) is 5.04. The molecule has 0 aliphatic heterocycles. The molecule has 1 aromatic heterocycles. The minimum Gasteiger partial charge on any atom is -0.370 e. The minimum atomic E-state index is -0.245. The summed E-state index contributed by atoms with van der Waals surface area (Å²) < 4.78 is 0. The van der Waals surface area contributed by atoms with Crippen molar-refractivity contribution in [3.8, 4) is 0 Å². The number of hydrogen-bond donors (Lipinski definition) is 1. The van der Waals surface area contributed by atoms with Crippen molar-refractivity contribution < 1.29 is 4.79 Å². The summed E-state index contributed by atoms with van der Waals surface area (Å²) in [5, 5.41) is 0. The average molecular weight is 207 g/mol. The second kappa shape index (κ2) is 6.14. The number of hydrogen-bond acceptors (Lipinski definition) is 3. The van der Waals surface area contributed by atoms with Gasteiger partial charge in [-0.25, -0.2) is 0 Å². The standard InChI is InChI=1S/C11H17N3O/c1-14(9-5-11(12)15)8-4-10-2-6-13-7-3-10/h2-3,6-7H,4-5,8-9H2,1H3,(H2,12,15). The average Bonchev–Trinajstić information content (AvgIpc) is 2.25. The highest BCUT2D eigenvalue weighted by molar-refractivity contribution is 5.73. The van der Waals surface area contributed by atoms with Crippen LogP contribution in [0.3, 0.4) is 0 Å². The minimum absolute atomic E-state index is 0.245. The summed E-state index contributed by atoms with van der Waals surface area (Å²) >= 11 is 0. The highest BCUT2D eigenvalue weighted by Gasteiger charge is 2.01. The Hall–Kier alpha value is -1.42. The topological polar surface area (TPSA) is 59.2 Å². The number of nitrogens with zero attached hydrogens (tertiary/aromatic N) is 2. The molecule has 15 heavy (non-hydrogen) atoms. The van der Waals surface area contributed by atoms with Gasteiger partial charge in [-0.1, -0.05) is 0 Å². The van der Waals surface area contributed by atoms with Gasteiger partial charge in [0.15, 0.2) is 0 Å². The third-order valence-corrected chi connectivity index (χ3v) is 2.27. The van der Waals surface area contributed by atoms with Gasteiger partial charge >= 0.3 is 0 Å². The van der Waals surface area contributed by atoms with Gasteiger partial charge in [0.25, 0.3) is 0 Å². The van der Waals surface area contributed by atoms with Crippen molar-refractivity contribution in [2.45, 2.75) is 12.8 Å². The van der Waals surface area contributed by atoms with Crippen LogP contribution >= 0.6 is 0 Å². The lowest BCUT2D eigenvalue weighted by molar-refractivity contribution is -0.118. The lowest BCUT2D eigenvalue weighted by atomic mass is 10.2. The summed E-state index contributed by atoms with van der Waals surface area (Å²) in [4.78, 5) is 16.6. The number of carbonyl (C=O) groups is 1. The van der Waals surface area contributed by atoms with Crippen molar-refractivity contribution in [1.29, 1.82) is 0 Å². The van der Waals surface area contributed by atoms with Gasteiger partial charge in [0.05, 0.1) is 0 Å². The molecular formula is C11H17N3O. The third kappa shape index (κ3) is 5.12. The Kier molecular flexibility index (Phi) is 4.77. The van der Waals surface area contributed by atoms with Gasteiger partial charge in [0, 0.05) is 31.9 Å². The molecule has 0 radical (unpaired) electrons. The van der Waals surface area contributed by atoms with Crippen LogP contribution in [-0.4, -0.2) is 35.9 Å². The van der Waals surface area contributed by atoms with Crippen molar-refractivity contribution >= 4 is 5.91 Å². The number of pyridine rings is 1. The molecular weight excluding hydrogens is 190 g/mol. The molecule has 1 heterocycles. The zero-order valence-electron chi connectivity index (χ0n) is 9.02. The molecule has 0 saturated carbocycles. The second-order valence-corrected chi connectivity index (χ2v) is 3.63. The Morgan fingerprint density at radius 2 is 2.07 bits per heavy atom. The van der Waals surface area contributed by atoms with Crippen LogP contribution in [0.25, 0.3) is 0 Å². The van der Waals surface area contributed by atoms with E-state index in [4.69, 9.17) is 5.73 Å². The van der Waals surface area contributed by atoms with Crippen molar-refractivity contribution in [2.75, 3.05) is 20.1 Å². The molecule has 0 fully saturated rings. The molecule has 1 aromatic rings. The number of amides is 1. The van der Waals surface area contributed by atoms with Crippen LogP contribution in [0.4, 0.5) is 0 Å². The number of aromatic nitrogens is 1. The molecule has 0 unspecified atom stereocenters. The predicted molar refractivity (Wildman–Crippen MR) is 59.2 cm³/mol. The molecule has 0 spiro atoms. The third-order valence-electron chi connectivity index (χ3n) is 2.27. The quantitative estimate of drug-likeness (QED) is 0.736. The largest absolute Gasteiger partial charge is 0.370 e. The molecule has 0 aliphatic carbocycles. The van der Waals surface area contributed by atoms with Crippen molar-refractivity contribution in [1.82, 2.24) is 9.88 Å². The Morgan fingerprint density at radius 3 is 2.67 bits per heavy atom. The van der Waals surface area contributed by atoms with Crippen LogP contribution in [-0.2, 0) is 11.2 Å². The summed E-state index contributed by atoms with van der Waals surface area (Å²) in [6, 6.07) is 4.00. The first-order chi connectivity index (χ1) is 7.18. The van der Waals surface area contributed by atoms with Crippen LogP contribution in [0.15, 0.2) is 24.5 Å². The van der Waals surface area contributed by atoms with E-state index >= 15 is 0 Å². The van der Waals surface area contributed by atoms with E-state index in [9.17, 15) is 4.79 Å². The van der Waals surface area contributed by atoms with Gasteiger partial charge in [0.2, 0.25) is 5.91 Å². The van der Waals surface area contributed by atoms with Gasteiger partial charge in [-0.05, 0) is 31.2 Å². The predicted octanol–water partition coefficient (Wildman–Crippen LogP) is 0.431. The van der Waals surface area contributed by atoms with E-state index in [1.54, 1.807) is 12.4 Å². The van der Waals surface area contributed by atoms with Crippen molar-refractivity contribution in [2.24, 2.45) is 5.73 Å². The van der Waals surface area contributed by atoms with E-state index < -0.39 is 0 Å². The maximum Gasteiger partial charge on any atom is 0.218 e. The normalized spacial score (nSPS) is 10.5. The number of likely N-dealkylation sites (N-methyl/N-ethyl adjacent to an activating group) is 1. The molecule has 1 amide bonds. The van der Waals surface area contributed by atoms with E-state index in [1.807, 2.05) is 19.2 Å². The lowest BCUT2D eigenvalue weighted by Crippen LogP contribution is -2.26. The highest BCUT2D eigenvalue weighted by Crippen LogP contribution is 1.99. The molecule has 0 bridgehead atoms. The maximum atomic E-state index is 10.6. The fraction of sp³-hybridized carbons (Fsp3) is 0.455. The molecule has 0 aliphatic rings. The summed E-state index contributed by atoms with van der Waals surface area (Å²) in [5.74, 6) is -0.245. The second-order valence-electron chi connectivity index (χ2n) is 3.63. The number of nitrogens with two attached hydrogens (primary N) is 1. The zero-order valence-corrected chi connectivity index (χ0v) is 9.02. The number of carbonyl (C=O) groups excluding carboxylic acids is 1. The van der Waals surface area contributed by atoms with E-state index in [1.165, 1.54) is 5.56 Å². The number of primary amides is 1. The first-order valence-corrected chi connectivity index (χ1v) is 5.04. The maximum absolute atomic E-state index is 10.6.